The molecule has 0 aliphatic carbocycles. The lowest BCUT2D eigenvalue weighted by atomic mass is 10.2. The van der Waals surface area contributed by atoms with Gasteiger partial charge in [0.05, 0.1) is 11.6 Å². The Kier molecular flexibility index (Phi) is 3.03. The molecule has 19 heavy (non-hydrogen) atoms. The van der Waals surface area contributed by atoms with Crippen LogP contribution in [0.5, 0.6) is 0 Å². The number of aromatic nitrogens is 3. The highest BCUT2D eigenvalue weighted by molar-refractivity contribution is 7.71. The van der Waals surface area contributed by atoms with Gasteiger partial charge in [-0.25, -0.2) is 4.98 Å². The van der Waals surface area contributed by atoms with Crippen LogP contribution in [0.3, 0.4) is 0 Å². The molecular weight excluding hydrogens is 274 g/mol. The number of hydrogen-bond donors (Lipinski definition) is 1. The zero-order chi connectivity index (χ0) is 13.6. The van der Waals surface area contributed by atoms with Gasteiger partial charge < -0.3 is 4.98 Å². The molecule has 0 aliphatic rings. The molecule has 3 heterocycles. The number of imidazole rings is 1. The summed E-state index contributed by atoms with van der Waals surface area (Å²) in [6.07, 6.45) is 1.88. The molecule has 0 fully saturated rings. The van der Waals surface area contributed by atoms with Crippen LogP contribution in [0.1, 0.15) is 28.3 Å². The minimum absolute atomic E-state index is 0.204. The van der Waals surface area contributed by atoms with Crippen LogP contribution in [0.25, 0.3) is 11.2 Å². The quantitative estimate of drug-likeness (QED) is 0.710. The molecule has 5 heteroatoms. The minimum atomic E-state index is 0.204. The molecule has 0 aromatic carbocycles. The summed E-state index contributed by atoms with van der Waals surface area (Å²) in [5.41, 5.74) is 3.06. The number of nitrogens with one attached hydrogen (secondary N) is 1. The van der Waals surface area contributed by atoms with E-state index < -0.39 is 0 Å². The Balaban J connectivity index is 2.19. The summed E-state index contributed by atoms with van der Waals surface area (Å²) in [7, 11) is 0. The molecule has 98 valence electrons. The first-order chi connectivity index (χ1) is 9.06. The van der Waals surface area contributed by atoms with Crippen molar-refractivity contribution in [2.24, 2.45) is 0 Å². The summed E-state index contributed by atoms with van der Waals surface area (Å²) in [5.74, 6) is 0. The molecule has 1 atom stereocenters. The van der Waals surface area contributed by atoms with E-state index in [0.29, 0.717) is 0 Å². The maximum atomic E-state index is 5.45. The lowest BCUT2D eigenvalue weighted by Crippen LogP contribution is -2.05. The standard InChI is InChI=1S/C14H15N3S2/c1-8-6-11-13(15-7-8)17(14(18)16-11)10(3)12-5-4-9(2)19-12/h4-7,10H,1-3H3,(H,16,18). The van der Waals surface area contributed by atoms with Crippen molar-refractivity contribution in [3.63, 3.8) is 0 Å². The molecule has 0 amide bonds. The summed E-state index contributed by atoms with van der Waals surface area (Å²) in [4.78, 5) is 10.4. The van der Waals surface area contributed by atoms with Crippen molar-refractivity contribution < 1.29 is 0 Å². The largest absolute Gasteiger partial charge is 0.329 e. The Labute approximate surface area is 120 Å². The van der Waals surface area contributed by atoms with Gasteiger partial charge in [-0.15, -0.1) is 11.3 Å². The first kappa shape index (κ1) is 12.6. The number of pyridine rings is 1. The molecule has 3 aromatic heterocycles. The van der Waals surface area contributed by atoms with Crippen molar-refractivity contribution in [1.29, 1.82) is 0 Å². The van der Waals surface area contributed by atoms with Crippen LogP contribution in [0.2, 0.25) is 0 Å². The SMILES string of the molecule is Cc1cnc2c(c1)[nH]c(=S)n2C(C)c1ccc(C)s1. The van der Waals surface area contributed by atoms with Crippen LogP contribution in [0.15, 0.2) is 24.4 Å². The second-order valence-corrected chi connectivity index (χ2v) is 6.51. The van der Waals surface area contributed by atoms with E-state index >= 15 is 0 Å². The topological polar surface area (TPSA) is 33.6 Å². The number of thiophene rings is 1. The highest BCUT2D eigenvalue weighted by atomic mass is 32.1. The maximum Gasteiger partial charge on any atom is 0.179 e. The van der Waals surface area contributed by atoms with Crippen molar-refractivity contribution in [2.45, 2.75) is 26.8 Å². The average molecular weight is 289 g/mol. The Morgan fingerprint density at radius 3 is 2.84 bits per heavy atom. The number of rotatable bonds is 2. The highest BCUT2D eigenvalue weighted by Gasteiger charge is 2.15. The molecule has 0 bridgehead atoms. The first-order valence-electron chi connectivity index (χ1n) is 6.19. The van der Waals surface area contributed by atoms with E-state index in [1.165, 1.54) is 9.75 Å². The Morgan fingerprint density at radius 1 is 1.37 bits per heavy atom. The summed E-state index contributed by atoms with van der Waals surface area (Å²) in [6.45, 7) is 6.32. The molecule has 0 saturated heterocycles. The van der Waals surface area contributed by atoms with Gasteiger partial charge >= 0.3 is 0 Å². The van der Waals surface area contributed by atoms with Crippen molar-refractivity contribution in [2.75, 3.05) is 0 Å². The van der Waals surface area contributed by atoms with Gasteiger partial charge in [0.15, 0.2) is 10.4 Å². The van der Waals surface area contributed by atoms with E-state index in [9.17, 15) is 0 Å². The predicted molar refractivity (Wildman–Crippen MR) is 82.5 cm³/mol. The van der Waals surface area contributed by atoms with Gasteiger partial charge in [-0.05, 0) is 56.8 Å². The van der Waals surface area contributed by atoms with Crippen LogP contribution in [0.4, 0.5) is 0 Å². The van der Waals surface area contributed by atoms with Gasteiger partial charge in [-0.1, -0.05) is 0 Å². The summed E-state index contributed by atoms with van der Waals surface area (Å²) in [6, 6.07) is 6.60. The minimum Gasteiger partial charge on any atom is -0.329 e. The Hall–Kier alpha value is -1.46. The number of H-pyrrole nitrogens is 1. The van der Waals surface area contributed by atoms with Gasteiger partial charge in [0.2, 0.25) is 0 Å². The van der Waals surface area contributed by atoms with Crippen LogP contribution >= 0.6 is 23.6 Å². The van der Waals surface area contributed by atoms with E-state index in [1.807, 2.05) is 13.1 Å². The molecule has 3 rings (SSSR count). The summed E-state index contributed by atoms with van der Waals surface area (Å²) < 4.78 is 2.82. The summed E-state index contributed by atoms with van der Waals surface area (Å²) in [5, 5.41) is 0. The molecular formula is C14H15N3S2. The van der Waals surface area contributed by atoms with E-state index in [2.05, 4.69) is 46.6 Å². The third-order valence-corrected chi connectivity index (χ3v) is 4.72. The number of aromatic amines is 1. The first-order valence-corrected chi connectivity index (χ1v) is 7.42. The lowest BCUT2D eigenvalue weighted by molar-refractivity contribution is 0.655. The van der Waals surface area contributed by atoms with E-state index in [-0.39, 0.29) is 6.04 Å². The lowest BCUT2D eigenvalue weighted by Gasteiger charge is -2.12. The number of aryl methyl sites for hydroxylation is 2. The van der Waals surface area contributed by atoms with Crippen LogP contribution in [-0.4, -0.2) is 14.5 Å². The summed E-state index contributed by atoms with van der Waals surface area (Å²) >= 11 is 7.26. The van der Waals surface area contributed by atoms with Crippen molar-refractivity contribution in [1.82, 2.24) is 14.5 Å². The van der Waals surface area contributed by atoms with E-state index in [1.54, 1.807) is 11.3 Å². The number of nitrogens with zero attached hydrogens (tertiary/aromatic N) is 2. The normalized spacial score (nSPS) is 13.0. The third-order valence-electron chi connectivity index (χ3n) is 3.25. The molecule has 3 aromatic rings. The smallest absolute Gasteiger partial charge is 0.179 e. The van der Waals surface area contributed by atoms with Crippen molar-refractivity contribution in [3.05, 3.63) is 44.5 Å². The molecule has 0 radical (unpaired) electrons. The van der Waals surface area contributed by atoms with Gasteiger partial charge in [0, 0.05) is 16.0 Å². The molecule has 1 N–H and O–H groups in total. The van der Waals surface area contributed by atoms with Gasteiger partial charge in [0.25, 0.3) is 0 Å². The van der Waals surface area contributed by atoms with Gasteiger partial charge in [-0.3, -0.25) is 4.57 Å². The molecule has 0 saturated carbocycles. The van der Waals surface area contributed by atoms with E-state index in [0.717, 1.165) is 21.5 Å². The zero-order valence-corrected chi connectivity index (χ0v) is 12.7. The van der Waals surface area contributed by atoms with Gasteiger partial charge in [0.1, 0.15) is 0 Å². The van der Waals surface area contributed by atoms with E-state index in [4.69, 9.17) is 12.2 Å². The molecule has 3 nitrogen and oxygen atoms in total. The molecule has 0 aliphatic heterocycles. The average Bonchev–Trinajstić information content (AvgIpc) is 2.91. The Bertz CT molecular complexity index is 794. The van der Waals surface area contributed by atoms with Crippen LogP contribution < -0.4 is 0 Å². The molecule has 1 unspecified atom stereocenters. The predicted octanol–water partition coefficient (Wildman–Crippen LogP) is 4.38. The van der Waals surface area contributed by atoms with Crippen LogP contribution in [0, 0.1) is 18.6 Å². The maximum absolute atomic E-state index is 5.45. The number of fused-ring (bicyclic) bond motifs is 1. The molecule has 0 spiro atoms. The second-order valence-electron chi connectivity index (χ2n) is 4.81. The van der Waals surface area contributed by atoms with Crippen molar-refractivity contribution in [3.8, 4) is 0 Å². The zero-order valence-electron chi connectivity index (χ0n) is 11.1. The fourth-order valence-corrected chi connectivity index (χ4v) is 3.56. The third kappa shape index (κ3) is 2.13. The van der Waals surface area contributed by atoms with Gasteiger partial charge in [-0.2, -0.15) is 0 Å². The highest BCUT2D eigenvalue weighted by Crippen LogP contribution is 2.28. The monoisotopic (exact) mass is 289 g/mol. The van der Waals surface area contributed by atoms with Crippen LogP contribution in [-0.2, 0) is 0 Å². The number of hydrogen-bond acceptors (Lipinski definition) is 3. The van der Waals surface area contributed by atoms with Crippen molar-refractivity contribution >= 4 is 34.7 Å². The second kappa shape index (κ2) is 4.58. The fourth-order valence-electron chi connectivity index (χ4n) is 2.28. The Morgan fingerprint density at radius 2 is 2.16 bits per heavy atom. The fraction of sp³-hybridized carbons (Fsp3) is 0.286.